The monoisotopic (exact) mass is 415 g/mol. The van der Waals surface area contributed by atoms with Gasteiger partial charge in [0.2, 0.25) is 0 Å². The summed E-state index contributed by atoms with van der Waals surface area (Å²) in [5, 5.41) is 0. The van der Waals surface area contributed by atoms with Gasteiger partial charge in [0, 0.05) is 12.1 Å². The van der Waals surface area contributed by atoms with Crippen LogP contribution in [0.3, 0.4) is 0 Å². The summed E-state index contributed by atoms with van der Waals surface area (Å²) >= 11 is 0. The molecule has 2 aliphatic rings. The van der Waals surface area contributed by atoms with Crippen molar-refractivity contribution >= 4 is 11.6 Å². The Morgan fingerprint density at radius 3 is 2.07 bits per heavy atom. The molecular weight excluding hydrogens is 374 g/mol. The molecule has 0 radical (unpaired) electrons. The van der Waals surface area contributed by atoms with Gasteiger partial charge in [-0.15, -0.1) is 0 Å². The summed E-state index contributed by atoms with van der Waals surface area (Å²) in [6, 6.07) is 6.42. The van der Waals surface area contributed by atoms with Gasteiger partial charge in [-0.3, -0.25) is 4.79 Å². The van der Waals surface area contributed by atoms with Gasteiger partial charge in [0.15, 0.2) is 0 Å². The topological polar surface area (TPSA) is 38.8 Å². The molecule has 4 heteroatoms. The molecule has 1 spiro atoms. The molecule has 1 saturated heterocycles. The SMILES string of the molecule is CCCCCCCCCCCCN1C(=O)C2(OCCO2)c2cc(CCCC)ccc21. The van der Waals surface area contributed by atoms with Crippen LogP contribution in [0.25, 0.3) is 0 Å². The summed E-state index contributed by atoms with van der Waals surface area (Å²) in [5.74, 6) is -1.21. The van der Waals surface area contributed by atoms with Crippen LogP contribution in [0.15, 0.2) is 18.2 Å². The van der Waals surface area contributed by atoms with Crippen LogP contribution in [-0.2, 0) is 26.5 Å². The number of hydrogen-bond acceptors (Lipinski definition) is 3. The fraction of sp³-hybridized carbons (Fsp3) is 0.731. The number of ether oxygens (including phenoxy) is 2. The molecule has 0 unspecified atom stereocenters. The maximum atomic E-state index is 13.3. The highest BCUT2D eigenvalue weighted by Crippen LogP contribution is 2.46. The molecule has 30 heavy (non-hydrogen) atoms. The van der Waals surface area contributed by atoms with Gasteiger partial charge in [-0.1, -0.05) is 84.1 Å². The van der Waals surface area contributed by atoms with Gasteiger partial charge >= 0.3 is 0 Å². The van der Waals surface area contributed by atoms with Crippen molar-refractivity contribution in [1.29, 1.82) is 0 Å². The van der Waals surface area contributed by atoms with E-state index in [-0.39, 0.29) is 5.91 Å². The molecule has 3 rings (SSSR count). The van der Waals surface area contributed by atoms with E-state index in [0.29, 0.717) is 13.2 Å². The zero-order chi connectivity index (χ0) is 21.2. The Morgan fingerprint density at radius 1 is 0.833 bits per heavy atom. The zero-order valence-corrected chi connectivity index (χ0v) is 19.2. The van der Waals surface area contributed by atoms with E-state index in [4.69, 9.17) is 9.47 Å². The van der Waals surface area contributed by atoms with Crippen LogP contribution < -0.4 is 4.90 Å². The van der Waals surface area contributed by atoms with Crippen molar-refractivity contribution in [3.63, 3.8) is 0 Å². The average molecular weight is 416 g/mol. The highest BCUT2D eigenvalue weighted by atomic mass is 16.7. The molecule has 0 aromatic heterocycles. The molecule has 0 bridgehead atoms. The number of benzene rings is 1. The van der Waals surface area contributed by atoms with Crippen LogP contribution >= 0.6 is 0 Å². The van der Waals surface area contributed by atoms with Crippen LogP contribution in [0.1, 0.15) is 102 Å². The Bertz CT molecular complexity index is 666. The molecule has 0 saturated carbocycles. The predicted octanol–water partition coefficient (Wildman–Crippen LogP) is 6.50. The van der Waals surface area contributed by atoms with E-state index in [0.717, 1.165) is 37.1 Å². The molecule has 0 atom stereocenters. The molecule has 168 valence electrons. The van der Waals surface area contributed by atoms with Gasteiger partial charge in [-0.25, -0.2) is 0 Å². The fourth-order valence-corrected chi connectivity index (χ4v) is 4.69. The molecule has 1 amide bonds. The quantitative estimate of drug-likeness (QED) is 0.326. The lowest BCUT2D eigenvalue weighted by Gasteiger charge is -2.22. The number of nitrogens with zero attached hydrogens (tertiary/aromatic N) is 1. The largest absolute Gasteiger partial charge is 0.336 e. The molecule has 1 aromatic rings. The maximum Gasteiger partial charge on any atom is 0.292 e. The number of carbonyl (C=O) groups is 1. The molecular formula is C26H41NO3. The number of anilines is 1. The van der Waals surface area contributed by atoms with Gasteiger partial charge in [0.1, 0.15) is 0 Å². The third kappa shape index (κ3) is 5.45. The number of aryl methyl sites for hydroxylation is 1. The van der Waals surface area contributed by atoms with Crippen LogP contribution in [0.4, 0.5) is 5.69 Å². The van der Waals surface area contributed by atoms with E-state index in [2.05, 4.69) is 32.0 Å². The van der Waals surface area contributed by atoms with Crippen molar-refractivity contribution in [3.8, 4) is 0 Å². The second kappa shape index (κ2) is 11.9. The van der Waals surface area contributed by atoms with Crippen molar-refractivity contribution in [1.82, 2.24) is 0 Å². The maximum absolute atomic E-state index is 13.3. The molecule has 1 aromatic carbocycles. The van der Waals surface area contributed by atoms with Crippen molar-refractivity contribution in [2.75, 3.05) is 24.7 Å². The first-order valence-corrected chi connectivity index (χ1v) is 12.5. The van der Waals surface area contributed by atoms with Gasteiger partial charge in [-0.05, 0) is 37.0 Å². The van der Waals surface area contributed by atoms with Crippen LogP contribution in [0, 0.1) is 0 Å². The highest BCUT2D eigenvalue weighted by molar-refractivity contribution is 6.06. The number of unbranched alkanes of at least 4 members (excludes halogenated alkanes) is 10. The third-order valence-corrected chi connectivity index (χ3v) is 6.48. The zero-order valence-electron chi connectivity index (χ0n) is 19.2. The second-order valence-corrected chi connectivity index (χ2v) is 8.91. The van der Waals surface area contributed by atoms with Gasteiger partial charge in [-0.2, -0.15) is 0 Å². The molecule has 0 N–H and O–H groups in total. The minimum Gasteiger partial charge on any atom is -0.336 e. The van der Waals surface area contributed by atoms with Crippen LogP contribution in [0.5, 0.6) is 0 Å². The minimum absolute atomic E-state index is 0.0291. The van der Waals surface area contributed by atoms with Gasteiger partial charge in [0.25, 0.3) is 11.7 Å². The van der Waals surface area contributed by atoms with Crippen molar-refractivity contribution in [2.45, 2.75) is 103 Å². The minimum atomic E-state index is -1.18. The lowest BCUT2D eigenvalue weighted by Crippen LogP contribution is -2.41. The lowest BCUT2D eigenvalue weighted by molar-refractivity contribution is -0.180. The first-order valence-electron chi connectivity index (χ1n) is 12.5. The highest BCUT2D eigenvalue weighted by Gasteiger charge is 2.55. The standard InChI is InChI=1S/C26H41NO3/c1-3-5-7-8-9-10-11-12-13-14-18-27-24-17-16-22(15-6-4-2)21-23(24)26(25(27)28)29-19-20-30-26/h16-17,21H,3-15,18-20H2,1-2H3. The number of fused-ring (bicyclic) bond motifs is 2. The summed E-state index contributed by atoms with van der Waals surface area (Å²) in [6.07, 6.45) is 16.3. The molecule has 2 aliphatic heterocycles. The van der Waals surface area contributed by atoms with E-state index in [1.807, 2.05) is 4.90 Å². The van der Waals surface area contributed by atoms with Crippen molar-refractivity contribution in [2.24, 2.45) is 0 Å². The van der Waals surface area contributed by atoms with E-state index in [1.54, 1.807) is 0 Å². The van der Waals surface area contributed by atoms with Crippen LogP contribution in [0.2, 0.25) is 0 Å². The van der Waals surface area contributed by atoms with E-state index >= 15 is 0 Å². The Balaban J connectivity index is 1.51. The summed E-state index contributed by atoms with van der Waals surface area (Å²) in [6.45, 7) is 6.19. The predicted molar refractivity (Wildman–Crippen MR) is 123 cm³/mol. The first kappa shape index (κ1) is 23.3. The Hall–Kier alpha value is -1.39. The van der Waals surface area contributed by atoms with E-state index < -0.39 is 5.79 Å². The molecule has 0 aliphatic carbocycles. The van der Waals surface area contributed by atoms with Crippen LogP contribution in [-0.4, -0.2) is 25.7 Å². The second-order valence-electron chi connectivity index (χ2n) is 8.91. The van der Waals surface area contributed by atoms with Gasteiger partial charge < -0.3 is 14.4 Å². The Kier molecular flexibility index (Phi) is 9.20. The Labute approximate surface area is 183 Å². The normalized spacial score (nSPS) is 17.3. The molecule has 2 heterocycles. The summed E-state index contributed by atoms with van der Waals surface area (Å²) < 4.78 is 11.8. The number of rotatable bonds is 14. The smallest absolute Gasteiger partial charge is 0.292 e. The number of hydrogen-bond donors (Lipinski definition) is 0. The molecule has 1 fully saturated rings. The lowest BCUT2D eigenvalue weighted by atomic mass is 10.0. The summed E-state index contributed by atoms with van der Waals surface area (Å²) in [5.41, 5.74) is 3.17. The van der Waals surface area contributed by atoms with Gasteiger partial charge in [0.05, 0.1) is 18.9 Å². The summed E-state index contributed by atoms with van der Waals surface area (Å²) in [4.78, 5) is 15.2. The average Bonchev–Trinajstić information content (AvgIpc) is 3.34. The first-order chi connectivity index (χ1) is 14.7. The van der Waals surface area contributed by atoms with Crippen molar-refractivity contribution in [3.05, 3.63) is 29.3 Å². The fourth-order valence-electron chi connectivity index (χ4n) is 4.69. The number of carbonyl (C=O) groups excluding carboxylic acids is 1. The third-order valence-electron chi connectivity index (χ3n) is 6.48. The van der Waals surface area contributed by atoms with Crippen molar-refractivity contribution < 1.29 is 14.3 Å². The molecule has 4 nitrogen and oxygen atoms in total. The summed E-state index contributed by atoms with van der Waals surface area (Å²) in [7, 11) is 0. The van der Waals surface area contributed by atoms with E-state index in [9.17, 15) is 4.79 Å². The Morgan fingerprint density at radius 2 is 1.43 bits per heavy atom. The van der Waals surface area contributed by atoms with E-state index in [1.165, 1.54) is 69.8 Å². The number of amides is 1.